The molecule has 0 heterocycles. The van der Waals surface area contributed by atoms with Crippen LogP contribution in [0.1, 0.15) is 25.8 Å². The molecule has 0 saturated heterocycles. The summed E-state index contributed by atoms with van der Waals surface area (Å²) in [6.45, 7) is 7.30. The first-order chi connectivity index (χ1) is 10.2. The number of nitrogens with one attached hydrogen (secondary N) is 2. The maximum atomic E-state index is 4.26. The van der Waals surface area contributed by atoms with Gasteiger partial charge in [0, 0.05) is 32.7 Å². The molecule has 1 unspecified atom stereocenters. The van der Waals surface area contributed by atoms with Crippen LogP contribution in [0.3, 0.4) is 0 Å². The summed E-state index contributed by atoms with van der Waals surface area (Å²) in [5.74, 6) is 0.878. The number of likely N-dealkylation sites (N-methyl/N-ethyl adjacent to an activating group) is 1. The molecule has 1 atom stereocenters. The minimum Gasteiger partial charge on any atom is -0.356 e. The van der Waals surface area contributed by atoms with Crippen LogP contribution in [0.5, 0.6) is 0 Å². The highest BCUT2D eigenvalue weighted by molar-refractivity contribution is 5.79. The summed E-state index contributed by atoms with van der Waals surface area (Å²) in [6.07, 6.45) is 2.19. The van der Waals surface area contributed by atoms with Gasteiger partial charge in [-0.25, -0.2) is 0 Å². The molecule has 118 valence electrons. The van der Waals surface area contributed by atoms with Crippen molar-refractivity contribution in [2.75, 3.05) is 33.7 Å². The first kappa shape index (κ1) is 17.5. The van der Waals surface area contributed by atoms with Crippen molar-refractivity contribution in [2.45, 2.75) is 32.7 Å². The monoisotopic (exact) mass is 290 g/mol. The van der Waals surface area contributed by atoms with Crippen molar-refractivity contribution in [3.63, 3.8) is 0 Å². The normalized spacial score (nSPS) is 13.3. The van der Waals surface area contributed by atoms with E-state index in [4.69, 9.17) is 0 Å². The molecular weight excluding hydrogens is 260 g/mol. The molecule has 2 N–H and O–H groups in total. The standard InChI is InChI=1S/C17H30N4/c1-5-15(2)21(4)14-13-20-17(18-3)19-12-11-16-9-7-6-8-10-16/h6-10,15H,5,11-14H2,1-4H3,(H2,18,19,20). The van der Waals surface area contributed by atoms with Gasteiger partial charge in [-0.1, -0.05) is 37.3 Å². The number of guanidine groups is 1. The predicted octanol–water partition coefficient (Wildman–Crippen LogP) is 2.12. The Morgan fingerprint density at radius 1 is 1.19 bits per heavy atom. The molecule has 1 aromatic carbocycles. The molecule has 1 rings (SSSR count). The van der Waals surface area contributed by atoms with Crippen LogP contribution in [0.25, 0.3) is 0 Å². The molecule has 4 nitrogen and oxygen atoms in total. The van der Waals surface area contributed by atoms with E-state index in [1.807, 2.05) is 13.1 Å². The van der Waals surface area contributed by atoms with Gasteiger partial charge in [0.1, 0.15) is 0 Å². The van der Waals surface area contributed by atoms with Gasteiger partial charge in [0.25, 0.3) is 0 Å². The van der Waals surface area contributed by atoms with E-state index in [-0.39, 0.29) is 0 Å². The zero-order chi connectivity index (χ0) is 15.5. The molecule has 0 saturated carbocycles. The highest BCUT2D eigenvalue weighted by atomic mass is 15.2. The van der Waals surface area contributed by atoms with Crippen molar-refractivity contribution in [3.8, 4) is 0 Å². The third kappa shape index (κ3) is 7.14. The van der Waals surface area contributed by atoms with Gasteiger partial charge in [-0.15, -0.1) is 0 Å². The van der Waals surface area contributed by atoms with Gasteiger partial charge in [0.05, 0.1) is 0 Å². The molecule has 0 aliphatic rings. The Morgan fingerprint density at radius 3 is 2.48 bits per heavy atom. The van der Waals surface area contributed by atoms with Crippen LogP contribution in [-0.4, -0.2) is 50.6 Å². The minimum atomic E-state index is 0.625. The largest absolute Gasteiger partial charge is 0.356 e. The van der Waals surface area contributed by atoms with Crippen LogP contribution >= 0.6 is 0 Å². The molecule has 1 aromatic rings. The van der Waals surface area contributed by atoms with E-state index in [1.54, 1.807) is 0 Å². The van der Waals surface area contributed by atoms with Crippen molar-refractivity contribution in [1.82, 2.24) is 15.5 Å². The average molecular weight is 290 g/mol. The highest BCUT2D eigenvalue weighted by Gasteiger charge is 2.06. The van der Waals surface area contributed by atoms with Crippen LogP contribution in [0.4, 0.5) is 0 Å². The maximum absolute atomic E-state index is 4.26. The molecule has 0 fully saturated rings. The third-order valence-corrected chi connectivity index (χ3v) is 3.87. The van der Waals surface area contributed by atoms with E-state index in [0.717, 1.165) is 32.0 Å². The fourth-order valence-corrected chi connectivity index (χ4v) is 2.07. The lowest BCUT2D eigenvalue weighted by molar-refractivity contribution is 0.255. The summed E-state index contributed by atoms with van der Waals surface area (Å²) >= 11 is 0. The van der Waals surface area contributed by atoms with E-state index in [1.165, 1.54) is 12.0 Å². The lowest BCUT2D eigenvalue weighted by atomic mass is 10.1. The SMILES string of the molecule is CCC(C)N(C)CCNC(=NC)NCCc1ccccc1. The second kappa shape index (κ2) is 10.2. The predicted molar refractivity (Wildman–Crippen MR) is 91.9 cm³/mol. The molecule has 4 heteroatoms. The average Bonchev–Trinajstić information content (AvgIpc) is 2.53. The number of hydrogen-bond acceptors (Lipinski definition) is 2. The minimum absolute atomic E-state index is 0.625. The molecule has 0 aromatic heterocycles. The number of rotatable bonds is 8. The zero-order valence-electron chi connectivity index (χ0n) is 13.9. The van der Waals surface area contributed by atoms with E-state index in [9.17, 15) is 0 Å². The third-order valence-electron chi connectivity index (χ3n) is 3.87. The topological polar surface area (TPSA) is 39.7 Å². The van der Waals surface area contributed by atoms with E-state index >= 15 is 0 Å². The van der Waals surface area contributed by atoms with Crippen LogP contribution in [0, 0.1) is 0 Å². The van der Waals surface area contributed by atoms with Gasteiger partial charge in [-0.2, -0.15) is 0 Å². The quantitative estimate of drug-likeness (QED) is 0.569. The summed E-state index contributed by atoms with van der Waals surface area (Å²) in [4.78, 5) is 6.62. The van der Waals surface area contributed by atoms with Gasteiger partial charge in [-0.3, -0.25) is 4.99 Å². The Bertz CT molecular complexity index is 403. The number of nitrogens with zero attached hydrogens (tertiary/aromatic N) is 2. The molecule has 0 aliphatic heterocycles. The second-order valence-electron chi connectivity index (χ2n) is 5.40. The maximum Gasteiger partial charge on any atom is 0.191 e. The smallest absolute Gasteiger partial charge is 0.191 e. The van der Waals surface area contributed by atoms with Crippen molar-refractivity contribution >= 4 is 5.96 Å². The summed E-state index contributed by atoms with van der Waals surface area (Å²) in [6, 6.07) is 11.1. The van der Waals surface area contributed by atoms with Gasteiger partial charge in [0.2, 0.25) is 0 Å². The Balaban J connectivity index is 2.20. The summed E-state index contributed by atoms with van der Waals surface area (Å²) in [5.41, 5.74) is 1.34. The van der Waals surface area contributed by atoms with Gasteiger partial charge < -0.3 is 15.5 Å². The van der Waals surface area contributed by atoms with Gasteiger partial charge in [-0.05, 0) is 32.4 Å². The van der Waals surface area contributed by atoms with Gasteiger partial charge in [0.15, 0.2) is 5.96 Å². The Hall–Kier alpha value is -1.55. The van der Waals surface area contributed by atoms with Crippen molar-refractivity contribution in [1.29, 1.82) is 0 Å². The fourth-order valence-electron chi connectivity index (χ4n) is 2.07. The van der Waals surface area contributed by atoms with Crippen molar-refractivity contribution in [2.24, 2.45) is 4.99 Å². The Kier molecular flexibility index (Phi) is 8.51. The van der Waals surface area contributed by atoms with E-state index in [2.05, 4.69) is 65.7 Å². The summed E-state index contributed by atoms with van der Waals surface area (Å²) < 4.78 is 0. The molecule has 0 aliphatic carbocycles. The number of benzene rings is 1. The molecule has 0 bridgehead atoms. The number of hydrogen-bond donors (Lipinski definition) is 2. The molecular formula is C17H30N4. The first-order valence-corrected chi connectivity index (χ1v) is 7.86. The van der Waals surface area contributed by atoms with Gasteiger partial charge >= 0.3 is 0 Å². The molecule has 0 radical (unpaired) electrons. The molecule has 0 amide bonds. The summed E-state index contributed by atoms with van der Waals surface area (Å²) in [5, 5.41) is 6.72. The lowest BCUT2D eigenvalue weighted by Crippen LogP contribution is -2.42. The van der Waals surface area contributed by atoms with Crippen LogP contribution in [0.2, 0.25) is 0 Å². The Morgan fingerprint density at radius 2 is 1.86 bits per heavy atom. The first-order valence-electron chi connectivity index (χ1n) is 7.86. The van der Waals surface area contributed by atoms with Crippen LogP contribution in [0.15, 0.2) is 35.3 Å². The Labute approximate surface area is 129 Å². The summed E-state index contributed by atoms with van der Waals surface area (Å²) in [7, 11) is 3.98. The molecule has 0 spiro atoms. The second-order valence-corrected chi connectivity index (χ2v) is 5.40. The van der Waals surface area contributed by atoms with E-state index < -0.39 is 0 Å². The number of aliphatic imine (C=N–C) groups is 1. The fraction of sp³-hybridized carbons (Fsp3) is 0.588. The lowest BCUT2D eigenvalue weighted by Gasteiger charge is -2.24. The van der Waals surface area contributed by atoms with Crippen LogP contribution < -0.4 is 10.6 Å². The zero-order valence-corrected chi connectivity index (χ0v) is 13.9. The van der Waals surface area contributed by atoms with E-state index in [0.29, 0.717) is 6.04 Å². The molecule has 21 heavy (non-hydrogen) atoms. The van der Waals surface area contributed by atoms with Crippen LogP contribution in [-0.2, 0) is 6.42 Å². The van der Waals surface area contributed by atoms with Crippen molar-refractivity contribution < 1.29 is 0 Å². The highest BCUT2D eigenvalue weighted by Crippen LogP contribution is 1.99. The van der Waals surface area contributed by atoms with Crippen molar-refractivity contribution in [3.05, 3.63) is 35.9 Å².